The molecule has 0 unspecified atom stereocenters. The summed E-state index contributed by atoms with van der Waals surface area (Å²) in [4.78, 5) is 0. The number of halogens is 3. The van der Waals surface area contributed by atoms with Gasteiger partial charge in [0, 0.05) is 0 Å². The number of rotatable bonds is 4. The van der Waals surface area contributed by atoms with E-state index in [1.165, 1.54) is 18.2 Å². The van der Waals surface area contributed by atoms with Crippen molar-refractivity contribution in [3.05, 3.63) is 36.1 Å². The van der Waals surface area contributed by atoms with Crippen molar-refractivity contribution >= 4 is 0 Å². The molecule has 0 rings (SSSR count). The highest BCUT2D eigenvalue weighted by atomic mass is 19.4. The first-order valence-corrected chi connectivity index (χ1v) is 5.17. The molecular weight excluding hydrogens is 217 g/mol. The predicted octanol–water partition coefficient (Wildman–Crippen LogP) is 4.98. The summed E-state index contributed by atoms with van der Waals surface area (Å²) in [6.45, 7) is 11.0. The predicted molar refractivity (Wildman–Crippen MR) is 60.8 cm³/mol. The van der Waals surface area contributed by atoms with Gasteiger partial charge in [-0.25, -0.2) is 0 Å². The Morgan fingerprint density at radius 2 is 1.81 bits per heavy atom. The van der Waals surface area contributed by atoms with Crippen LogP contribution in [0.3, 0.4) is 0 Å². The molecule has 0 spiro atoms. The third-order valence-corrected chi connectivity index (χ3v) is 1.37. The van der Waals surface area contributed by atoms with E-state index in [4.69, 9.17) is 0 Å². The maximum atomic E-state index is 11.9. The lowest BCUT2D eigenvalue weighted by Gasteiger charge is -2.09. The molecule has 4 heteroatoms. The summed E-state index contributed by atoms with van der Waals surface area (Å²) >= 11 is 0. The van der Waals surface area contributed by atoms with E-state index >= 15 is 0 Å². The fourth-order valence-corrected chi connectivity index (χ4v) is 0.713. The van der Waals surface area contributed by atoms with Crippen molar-refractivity contribution in [2.24, 2.45) is 0 Å². The molecular formula is C12H19F3O. The van der Waals surface area contributed by atoms with E-state index in [1.807, 2.05) is 13.8 Å². The number of alkyl halides is 3. The van der Waals surface area contributed by atoms with Gasteiger partial charge in [-0.1, -0.05) is 39.0 Å². The summed E-state index contributed by atoms with van der Waals surface area (Å²) in [6.07, 6.45) is -0.0794. The lowest BCUT2D eigenvalue weighted by molar-refractivity contribution is -0.303. The molecule has 0 heterocycles. The molecule has 0 aliphatic rings. The largest absolute Gasteiger partial charge is 0.573 e. The highest BCUT2D eigenvalue weighted by Gasteiger charge is 2.31. The minimum Gasteiger partial charge on any atom is -0.406 e. The summed E-state index contributed by atoms with van der Waals surface area (Å²) in [7, 11) is 0. The molecule has 0 bridgehead atoms. The Balaban J connectivity index is 0. The molecule has 0 saturated carbocycles. The summed E-state index contributed by atoms with van der Waals surface area (Å²) < 4.78 is 39.3. The van der Waals surface area contributed by atoms with Crippen molar-refractivity contribution in [1.29, 1.82) is 0 Å². The Morgan fingerprint density at radius 1 is 1.31 bits per heavy atom. The van der Waals surface area contributed by atoms with Crippen molar-refractivity contribution in [2.75, 3.05) is 0 Å². The van der Waals surface area contributed by atoms with Gasteiger partial charge in [0.05, 0.1) is 0 Å². The standard InChI is InChI=1S/C10H13F3O.C2H6/c1-4-6-9(7-8(3)5-2)14-10(11,12)13;1-2/h4,6-7H,3,5H2,1-2H3;1-2H3/b6-4-,9-7+;. The van der Waals surface area contributed by atoms with Crippen LogP contribution in [-0.4, -0.2) is 6.36 Å². The first-order valence-electron chi connectivity index (χ1n) is 5.17. The number of ether oxygens (including phenoxy) is 1. The normalized spacial score (nSPS) is 12.1. The van der Waals surface area contributed by atoms with Crippen LogP contribution in [0.2, 0.25) is 0 Å². The fraction of sp³-hybridized carbons (Fsp3) is 0.500. The smallest absolute Gasteiger partial charge is 0.406 e. The van der Waals surface area contributed by atoms with Crippen LogP contribution in [0.25, 0.3) is 0 Å². The molecule has 0 aliphatic carbocycles. The zero-order valence-corrected chi connectivity index (χ0v) is 10.2. The fourth-order valence-electron chi connectivity index (χ4n) is 0.713. The second kappa shape index (κ2) is 9.07. The molecule has 0 radical (unpaired) electrons. The van der Waals surface area contributed by atoms with Gasteiger partial charge in [-0.3, -0.25) is 0 Å². The summed E-state index contributed by atoms with van der Waals surface area (Å²) in [5.74, 6) is -0.244. The van der Waals surface area contributed by atoms with Crippen molar-refractivity contribution < 1.29 is 17.9 Å². The van der Waals surface area contributed by atoms with Crippen molar-refractivity contribution in [3.63, 3.8) is 0 Å². The molecule has 0 N–H and O–H groups in total. The Bertz CT molecular complexity index is 249. The third kappa shape index (κ3) is 10.9. The second-order valence-corrected chi connectivity index (χ2v) is 2.61. The number of hydrogen-bond acceptors (Lipinski definition) is 1. The van der Waals surface area contributed by atoms with Crippen LogP contribution in [0.4, 0.5) is 13.2 Å². The maximum Gasteiger partial charge on any atom is 0.573 e. The van der Waals surface area contributed by atoms with Gasteiger partial charge in [-0.2, -0.15) is 0 Å². The van der Waals surface area contributed by atoms with E-state index in [-0.39, 0.29) is 5.76 Å². The molecule has 0 aliphatic heterocycles. The highest BCUT2D eigenvalue weighted by molar-refractivity contribution is 5.24. The van der Waals surface area contributed by atoms with E-state index in [0.29, 0.717) is 12.0 Å². The van der Waals surface area contributed by atoms with E-state index < -0.39 is 6.36 Å². The number of allylic oxidation sites excluding steroid dienone is 4. The van der Waals surface area contributed by atoms with Crippen LogP contribution in [0, 0.1) is 0 Å². The monoisotopic (exact) mass is 236 g/mol. The molecule has 0 aromatic carbocycles. The van der Waals surface area contributed by atoms with Gasteiger partial charge in [0.25, 0.3) is 0 Å². The van der Waals surface area contributed by atoms with Crippen LogP contribution in [0.15, 0.2) is 36.1 Å². The van der Waals surface area contributed by atoms with E-state index in [1.54, 1.807) is 13.8 Å². The first kappa shape index (κ1) is 17.2. The Hall–Kier alpha value is -1.19. The molecule has 1 nitrogen and oxygen atoms in total. The minimum absolute atomic E-state index is 0.244. The molecule has 0 fully saturated rings. The van der Waals surface area contributed by atoms with Crippen molar-refractivity contribution in [1.82, 2.24) is 0 Å². The topological polar surface area (TPSA) is 9.23 Å². The maximum absolute atomic E-state index is 11.9. The average molecular weight is 236 g/mol. The Kier molecular flexibility index (Phi) is 9.75. The molecule has 0 aromatic rings. The second-order valence-electron chi connectivity index (χ2n) is 2.61. The van der Waals surface area contributed by atoms with E-state index in [9.17, 15) is 13.2 Å². The molecule has 0 aromatic heterocycles. The SMILES string of the molecule is C=C(/C=C(\C=C/C)OC(F)(F)F)CC.CC. The van der Waals surface area contributed by atoms with Crippen LogP contribution < -0.4 is 0 Å². The van der Waals surface area contributed by atoms with Crippen molar-refractivity contribution in [3.8, 4) is 0 Å². The van der Waals surface area contributed by atoms with E-state index in [0.717, 1.165) is 0 Å². The van der Waals surface area contributed by atoms with Gasteiger partial charge in [-0.05, 0) is 25.5 Å². The van der Waals surface area contributed by atoms with E-state index in [2.05, 4.69) is 11.3 Å². The van der Waals surface area contributed by atoms with Gasteiger partial charge in [0.15, 0.2) is 0 Å². The highest BCUT2D eigenvalue weighted by Crippen LogP contribution is 2.22. The van der Waals surface area contributed by atoms with Gasteiger partial charge >= 0.3 is 6.36 Å². The minimum atomic E-state index is -4.65. The lowest BCUT2D eigenvalue weighted by atomic mass is 10.2. The van der Waals surface area contributed by atoms with Crippen LogP contribution in [-0.2, 0) is 4.74 Å². The first-order chi connectivity index (χ1) is 7.39. The zero-order chi connectivity index (χ0) is 13.2. The molecule has 16 heavy (non-hydrogen) atoms. The Labute approximate surface area is 95.3 Å². The summed E-state index contributed by atoms with van der Waals surface area (Å²) in [5, 5.41) is 0. The Morgan fingerprint density at radius 3 is 2.12 bits per heavy atom. The third-order valence-electron chi connectivity index (χ3n) is 1.37. The van der Waals surface area contributed by atoms with Crippen molar-refractivity contribution in [2.45, 2.75) is 40.5 Å². The quantitative estimate of drug-likeness (QED) is 0.494. The molecule has 0 atom stereocenters. The van der Waals surface area contributed by atoms with Gasteiger partial charge in [0.2, 0.25) is 0 Å². The zero-order valence-electron chi connectivity index (χ0n) is 10.2. The summed E-state index contributed by atoms with van der Waals surface area (Å²) in [6, 6.07) is 0. The average Bonchev–Trinajstić information content (AvgIpc) is 2.18. The lowest BCUT2D eigenvalue weighted by Crippen LogP contribution is -2.12. The summed E-state index contributed by atoms with van der Waals surface area (Å²) in [5.41, 5.74) is 0.586. The molecule has 0 amide bonds. The van der Waals surface area contributed by atoms with Gasteiger partial charge in [-0.15, -0.1) is 13.2 Å². The van der Waals surface area contributed by atoms with Gasteiger partial charge in [0.1, 0.15) is 5.76 Å². The van der Waals surface area contributed by atoms with Crippen LogP contribution in [0.1, 0.15) is 34.1 Å². The molecule has 0 saturated heterocycles. The van der Waals surface area contributed by atoms with Crippen LogP contribution in [0.5, 0.6) is 0 Å². The van der Waals surface area contributed by atoms with Gasteiger partial charge < -0.3 is 4.74 Å². The van der Waals surface area contributed by atoms with Crippen LogP contribution >= 0.6 is 0 Å². The number of hydrogen-bond donors (Lipinski definition) is 0. The molecule has 94 valence electrons.